The van der Waals surface area contributed by atoms with Crippen LogP contribution < -0.4 is 0 Å². The summed E-state index contributed by atoms with van der Waals surface area (Å²) in [4.78, 5) is 26.3. The molecule has 26 heavy (non-hydrogen) atoms. The van der Waals surface area contributed by atoms with Crippen molar-refractivity contribution in [3.05, 3.63) is 35.9 Å². The Bertz CT molecular complexity index is 809. The number of rotatable bonds is 3. The van der Waals surface area contributed by atoms with Crippen molar-refractivity contribution in [2.24, 2.45) is 0 Å². The van der Waals surface area contributed by atoms with Gasteiger partial charge in [0.25, 0.3) is 5.91 Å². The molecule has 0 bridgehead atoms. The predicted octanol–water partition coefficient (Wildman–Crippen LogP) is 3.20. The van der Waals surface area contributed by atoms with Gasteiger partial charge in [-0.15, -0.1) is 0 Å². The van der Waals surface area contributed by atoms with Crippen LogP contribution in [0.2, 0.25) is 0 Å². The van der Waals surface area contributed by atoms with Gasteiger partial charge in [-0.2, -0.15) is 0 Å². The Morgan fingerprint density at radius 2 is 1.58 bits per heavy atom. The summed E-state index contributed by atoms with van der Waals surface area (Å²) >= 11 is 0. The second-order valence-electron chi connectivity index (χ2n) is 6.56. The van der Waals surface area contributed by atoms with Gasteiger partial charge in [-0.3, -0.25) is 4.79 Å². The van der Waals surface area contributed by atoms with Crippen LogP contribution in [0.4, 0.5) is 0 Å². The average Bonchev–Trinajstić information content (AvgIpc) is 2.62. The van der Waals surface area contributed by atoms with Gasteiger partial charge in [0.05, 0.1) is 0 Å². The maximum Gasteiger partial charge on any atom is 0.342 e. The fourth-order valence-corrected chi connectivity index (χ4v) is 3.29. The van der Waals surface area contributed by atoms with Gasteiger partial charge in [0.2, 0.25) is 0 Å². The Labute approximate surface area is 152 Å². The van der Waals surface area contributed by atoms with Crippen LogP contribution in [-0.4, -0.2) is 46.7 Å². The fraction of sp³-hybridized carbons (Fsp3) is 0.400. The second kappa shape index (κ2) is 8.08. The number of carbonyl (C=O) groups is 2. The smallest absolute Gasteiger partial charge is 0.342 e. The Morgan fingerprint density at radius 1 is 0.962 bits per heavy atom. The largest absolute Gasteiger partial charge is 0.507 e. The van der Waals surface area contributed by atoms with Gasteiger partial charge in [-0.1, -0.05) is 43.5 Å². The molecule has 1 aliphatic rings. The maximum atomic E-state index is 12.3. The van der Waals surface area contributed by atoms with Crippen molar-refractivity contribution in [1.29, 1.82) is 0 Å². The third-order valence-electron chi connectivity index (χ3n) is 4.75. The Kier molecular flexibility index (Phi) is 5.61. The second-order valence-corrected chi connectivity index (χ2v) is 6.56. The van der Waals surface area contributed by atoms with Crippen molar-refractivity contribution in [3.8, 4) is 11.5 Å². The highest BCUT2D eigenvalue weighted by molar-refractivity contribution is 6.04. The van der Waals surface area contributed by atoms with Crippen LogP contribution in [0, 0.1) is 0 Å². The lowest BCUT2D eigenvalue weighted by Gasteiger charge is -2.24. The van der Waals surface area contributed by atoms with E-state index in [0.717, 1.165) is 25.7 Å². The normalized spacial score (nSPS) is 15.3. The number of aromatic hydroxyl groups is 2. The lowest BCUT2D eigenvalue weighted by molar-refractivity contribution is -0.134. The average molecular weight is 357 g/mol. The first-order chi connectivity index (χ1) is 12.6. The quantitative estimate of drug-likeness (QED) is 0.651. The first-order valence-corrected chi connectivity index (χ1v) is 8.96. The van der Waals surface area contributed by atoms with Gasteiger partial charge in [0, 0.05) is 23.9 Å². The molecule has 138 valence electrons. The van der Waals surface area contributed by atoms with E-state index in [1.54, 1.807) is 29.2 Å². The molecule has 1 fully saturated rings. The van der Waals surface area contributed by atoms with Crippen molar-refractivity contribution in [2.75, 3.05) is 19.7 Å². The molecule has 6 heteroatoms. The van der Waals surface area contributed by atoms with Crippen molar-refractivity contribution in [1.82, 2.24) is 4.90 Å². The van der Waals surface area contributed by atoms with Gasteiger partial charge in [0.1, 0.15) is 17.1 Å². The number of phenols is 2. The topological polar surface area (TPSA) is 87.1 Å². The minimum Gasteiger partial charge on any atom is -0.507 e. The summed E-state index contributed by atoms with van der Waals surface area (Å²) in [6.07, 6.45) is 5.32. The zero-order valence-corrected chi connectivity index (χ0v) is 14.6. The van der Waals surface area contributed by atoms with E-state index in [-0.39, 0.29) is 29.6 Å². The van der Waals surface area contributed by atoms with Crippen LogP contribution in [0.3, 0.4) is 0 Å². The number of hydrogen-bond acceptors (Lipinski definition) is 5. The standard InChI is InChI=1S/C20H23NO5/c22-17-12-16(19(24)15-9-5-4-8-14(15)17)20(25)26-13-18(23)21-10-6-2-1-3-7-11-21/h4-5,8-9,12,22,24H,1-3,6-7,10-11,13H2. The first-order valence-electron chi connectivity index (χ1n) is 8.96. The maximum absolute atomic E-state index is 12.3. The van der Waals surface area contributed by atoms with Gasteiger partial charge in [-0.05, 0) is 18.9 Å². The summed E-state index contributed by atoms with van der Waals surface area (Å²) in [5, 5.41) is 21.2. The number of fused-ring (bicyclic) bond motifs is 1. The number of hydrogen-bond donors (Lipinski definition) is 2. The number of ether oxygens (including phenoxy) is 1. The highest BCUT2D eigenvalue weighted by Crippen LogP contribution is 2.35. The number of likely N-dealkylation sites (tertiary alicyclic amines) is 1. The molecule has 0 saturated carbocycles. The van der Waals surface area contributed by atoms with Gasteiger partial charge in [0.15, 0.2) is 6.61 Å². The lowest BCUT2D eigenvalue weighted by atomic mass is 10.0. The lowest BCUT2D eigenvalue weighted by Crippen LogP contribution is -2.36. The minimum atomic E-state index is -0.830. The van der Waals surface area contributed by atoms with E-state index in [9.17, 15) is 19.8 Å². The zero-order chi connectivity index (χ0) is 18.5. The molecule has 1 saturated heterocycles. The number of phenolic OH excluding ortho intramolecular Hbond substituents is 2. The number of amides is 1. The molecule has 0 radical (unpaired) electrons. The molecule has 0 atom stereocenters. The van der Waals surface area contributed by atoms with Crippen LogP contribution in [0.5, 0.6) is 11.5 Å². The van der Waals surface area contributed by atoms with Crippen LogP contribution in [-0.2, 0) is 9.53 Å². The van der Waals surface area contributed by atoms with Gasteiger partial charge >= 0.3 is 5.97 Å². The molecule has 0 unspecified atom stereocenters. The van der Waals surface area contributed by atoms with Crippen LogP contribution >= 0.6 is 0 Å². The summed E-state index contributed by atoms with van der Waals surface area (Å²) in [6.45, 7) is 0.989. The summed E-state index contributed by atoms with van der Waals surface area (Å²) < 4.78 is 5.10. The number of carbonyl (C=O) groups excluding carboxylic acids is 2. The molecule has 0 aliphatic carbocycles. The summed E-state index contributed by atoms with van der Waals surface area (Å²) in [5.74, 6) is -1.45. The molecule has 2 aromatic carbocycles. The van der Waals surface area contributed by atoms with E-state index in [4.69, 9.17) is 4.74 Å². The number of esters is 1. The summed E-state index contributed by atoms with van der Waals surface area (Å²) in [7, 11) is 0. The molecule has 1 amide bonds. The van der Waals surface area contributed by atoms with Gasteiger partial charge in [-0.25, -0.2) is 4.79 Å². The van der Waals surface area contributed by atoms with Crippen molar-refractivity contribution in [3.63, 3.8) is 0 Å². The van der Waals surface area contributed by atoms with E-state index >= 15 is 0 Å². The molecule has 0 spiro atoms. The van der Waals surface area contributed by atoms with E-state index in [2.05, 4.69) is 0 Å². The monoisotopic (exact) mass is 357 g/mol. The zero-order valence-electron chi connectivity index (χ0n) is 14.6. The Hall–Kier alpha value is -2.76. The number of nitrogens with zero attached hydrogens (tertiary/aromatic N) is 1. The first kappa shape index (κ1) is 18.0. The predicted molar refractivity (Wildman–Crippen MR) is 97.2 cm³/mol. The summed E-state index contributed by atoms with van der Waals surface area (Å²) in [5.41, 5.74) is -0.151. The fourth-order valence-electron chi connectivity index (χ4n) is 3.29. The van der Waals surface area contributed by atoms with Crippen LogP contribution in [0.15, 0.2) is 30.3 Å². The molecule has 2 aromatic rings. The van der Waals surface area contributed by atoms with Crippen LogP contribution in [0.1, 0.15) is 42.5 Å². The van der Waals surface area contributed by atoms with Crippen molar-refractivity contribution >= 4 is 22.6 Å². The summed E-state index contributed by atoms with van der Waals surface area (Å²) in [6, 6.07) is 7.83. The molecular weight excluding hydrogens is 334 g/mol. The highest BCUT2D eigenvalue weighted by Gasteiger charge is 2.21. The van der Waals surface area contributed by atoms with Crippen LogP contribution in [0.25, 0.3) is 10.8 Å². The van der Waals surface area contributed by atoms with E-state index in [0.29, 0.717) is 23.9 Å². The van der Waals surface area contributed by atoms with Crippen molar-refractivity contribution < 1.29 is 24.5 Å². The SMILES string of the molecule is O=C(OCC(=O)N1CCCCCCC1)c1cc(O)c2ccccc2c1O. The molecule has 1 heterocycles. The third-order valence-corrected chi connectivity index (χ3v) is 4.75. The van der Waals surface area contributed by atoms with Crippen molar-refractivity contribution in [2.45, 2.75) is 32.1 Å². The molecule has 1 aliphatic heterocycles. The molecule has 0 aromatic heterocycles. The number of benzene rings is 2. The highest BCUT2D eigenvalue weighted by atomic mass is 16.5. The van der Waals surface area contributed by atoms with E-state index in [1.165, 1.54) is 12.5 Å². The molecule has 3 rings (SSSR count). The Morgan fingerprint density at radius 3 is 2.27 bits per heavy atom. The third kappa shape index (κ3) is 3.90. The Balaban J connectivity index is 1.69. The van der Waals surface area contributed by atoms with Gasteiger partial charge < -0.3 is 19.8 Å². The molecule has 2 N–H and O–H groups in total. The molecule has 6 nitrogen and oxygen atoms in total. The van der Waals surface area contributed by atoms with E-state index < -0.39 is 5.97 Å². The minimum absolute atomic E-state index is 0.125. The van der Waals surface area contributed by atoms with E-state index in [1.807, 2.05) is 0 Å². The molecular formula is C20H23NO5.